The standard InChI is InChI=1S/C21H31N3O5/c1-3-29-21(28)18(12-11-17-9-5-4-6-10-17)22-16(2)20(27)24(15-19(25)26)23-13-7-8-14-23/h4-6,9-10,16,18,22H,3,7-8,11-15H2,1-2H3,(H,25,26)/t16-,18?/m0/s1. The van der Waals surface area contributed by atoms with Crippen molar-refractivity contribution in [3.05, 3.63) is 35.9 Å². The molecule has 2 atom stereocenters. The fourth-order valence-electron chi connectivity index (χ4n) is 3.45. The zero-order valence-corrected chi connectivity index (χ0v) is 17.2. The number of carbonyl (C=O) groups is 3. The number of carbonyl (C=O) groups excluding carboxylic acids is 2. The molecule has 0 spiro atoms. The molecule has 1 aromatic rings. The molecule has 0 bridgehead atoms. The highest BCUT2D eigenvalue weighted by atomic mass is 16.5. The highest BCUT2D eigenvalue weighted by molar-refractivity contribution is 5.85. The van der Waals surface area contributed by atoms with Crippen molar-refractivity contribution >= 4 is 17.8 Å². The second-order valence-corrected chi connectivity index (χ2v) is 7.17. The van der Waals surface area contributed by atoms with Gasteiger partial charge in [-0.25, -0.2) is 5.01 Å². The van der Waals surface area contributed by atoms with Crippen LogP contribution in [-0.2, 0) is 25.5 Å². The van der Waals surface area contributed by atoms with Gasteiger partial charge in [0.2, 0.25) is 0 Å². The Morgan fingerprint density at radius 1 is 1.21 bits per heavy atom. The Morgan fingerprint density at radius 3 is 2.45 bits per heavy atom. The fourth-order valence-corrected chi connectivity index (χ4v) is 3.45. The minimum absolute atomic E-state index is 0.254. The number of carboxylic acids is 1. The Bertz CT molecular complexity index is 676. The molecule has 1 aliphatic rings. The number of nitrogens with zero attached hydrogens (tertiary/aromatic N) is 2. The number of esters is 1. The van der Waals surface area contributed by atoms with E-state index in [1.807, 2.05) is 30.3 Å². The average molecular weight is 405 g/mol. The molecule has 2 N–H and O–H groups in total. The zero-order chi connectivity index (χ0) is 21.2. The van der Waals surface area contributed by atoms with E-state index in [1.54, 1.807) is 18.9 Å². The van der Waals surface area contributed by atoms with Gasteiger partial charge in [0.15, 0.2) is 0 Å². The molecule has 1 heterocycles. The molecule has 8 heteroatoms. The van der Waals surface area contributed by atoms with Gasteiger partial charge in [-0.15, -0.1) is 0 Å². The Labute approximate surface area is 171 Å². The van der Waals surface area contributed by atoms with Gasteiger partial charge in [-0.05, 0) is 45.1 Å². The molecule has 0 radical (unpaired) electrons. The maximum atomic E-state index is 13.0. The number of nitrogens with one attached hydrogen (secondary N) is 1. The number of ether oxygens (including phenoxy) is 1. The maximum Gasteiger partial charge on any atom is 0.324 e. The molecule has 8 nitrogen and oxygen atoms in total. The minimum Gasteiger partial charge on any atom is -0.480 e. The summed E-state index contributed by atoms with van der Waals surface area (Å²) in [6.07, 6.45) is 2.98. The van der Waals surface area contributed by atoms with Crippen LogP contribution in [0.1, 0.15) is 38.7 Å². The van der Waals surface area contributed by atoms with Gasteiger partial charge in [-0.3, -0.25) is 24.7 Å². The summed E-state index contributed by atoms with van der Waals surface area (Å²) in [7, 11) is 0. The second kappa shape index (κ2) is 11.5. The SMILES string of the molecule is CCOC(=O)C(CCc1ccccc1)N[C@@H](C)C(=O)N(CC(=O)O)N1CCCC1. The molecule has 2 rings (SSSR count). The van der Waals surface area contributed by atoms with Crippen molar-refractivity contribution in [1.82, 2.24) is 15.3 Å². The van der Waals surface area contributed by atoms with Crippen LogP contribution in [0.5, 0.6) is 0 Å². The Morgan fingerprint density at radius 2 is 1.86 bits per heavy atom. The molecule has 1 unspecified atom stereocenters. The van der Waals surface area contributed by atoms with E-state index < -0.39 is 24.0 Å². The first-order valence-corrected chi connectivity index (χ1v) is 10.2. The van der Waals surface area contributed by atoms with Crippen LogP contribution in [0.15, 0.2) is 30.3 Å². The summed E-state index contributed by atoms with van der Waals surface area (Å²) in [5.41, 5.74) is 1.09. The summed E-state index contributed by atoms with van der Waals surface area (Å²) in [4.78, 5) is 36.6. The van der Waals surface area contributed by atoms with Gasteiger partial charge in [0.05, 0.1) is 12.6 Å². The number of amides is 1. The lowest BCUT2D eigenvalue weighted by Crippen LogP contribution is -2.56. The summed E-state index contributed by atoms with van der Waals surface area (Å²) < 4.78 is 5.17. The van der Waals surface area contributed by atoms with Crippen LogP contribution < -0.4 is 5.32 Å². The van der Waals surface area contributed by atoms with Crippen LogP contribution in [0.25, 0.3) is 0 Å². The highest BCUT2D eigenvalue weighted by Gasteiger charge is 2.32. The summed E-state index contributed by atoms with van der Waals surface area (Å²) in [5, 5.41) is 15.3. The smallest absolute Gasteiger partial charge is 0.324 e. The van der Waals surface area contributed by atoms with E-state index in [9.17, 15) is 19.5 Å². The zero-order valence-electron chi connectivity index (χ0n) is 17.2. The summed E-state index contributed by atoms with van der Waals surface area (Å²) >= 11 is 0. The Kier molecular flexibility index (Phi) is 9.08. The van der Waals surface area contributed by atoms with E-state index in [0.717, 1.165) is 18.4 Å². The van der Waals surface area contributed by atoms with E-state index >= 15 is 0 Å². The van der Waals surface area contributed by atoms with Crippen LogP contribution in [-0.4, -0.2) is 71.3 Å². The maximum absolute atomic E-state index is 13.0. The van der Waals surface area contributed by atoms with Crippen molar-refractivity contribution in [3.63, 3.8) is 0 Å². The fraction of sp³-hybridized carbons (Fsp3) is 0.571. The van der Waals surface area contributed by atoms with Crippen LogP contribution in [0, 0.1) is 0 Å². The first-order chi connectivity index (χ1) is 13.9. The second-order valence-electron chi connectivity index (χ2n) is 7.17. The molecule has 0 aliphatic carbocycles. The molecular weight excluding hydrogens is 374 g/mol. The number of hydrogen-bond donors (Lipinski definition) is 2. The number of hydrogen-bond acceptors (Lipinski definition) is 6. The predicted molar refractivity (Wildman–Crippen MR) is 108 cm³/mol. The summed E-state index contributed by atoms with van der Waals surface area (Å²) in [6.45, 7) is 4.56. The lowest BCUT2D eigenvalue weighted by molar-refractivity contribution is -0.159. The Hall–Kier alpha value is -2.45. The van der Waals surface area contributed by atoms with Gasteiger partial charge in [0.25, 0.3) is 5.91 Å². The van der Waals surface area contributed by atoms with E-state index in [4.69, 9.17) is 4.74 Å². The minimum atomic E-state index is -1.07. The molecule has 0 aromatic heterocycles. The number of rotatable bonds is 11. The monoisotopic (exact) mass is 405 g/mol. The van der Waals surface area contributed by atoms with Crippen molar-refractivity contribution in [3.8, 4) is 0 Å². The molecular formula is C21H31N3O5. The highest BCUT2D eigenvalue weighted by Crippen LogP contribution is 2.13. The van der Waals surface area contributed by atoms with Gasteiger partial charge in [-0.2, -0.15) is 0 Å². The molecule has 1 saturated heterocycles. The van der Waals surface area contributed by atoms with Crippen LogP contribution >= 0.6 is 0 Å². The summed E-state index contributed by atoms with van der Waals surface area (Å²) in [5.74, 6) is -1.83. The van der Waals surface area contributed by atoms with Crippen LogP contribution in [0.3, 0.4) is 0 Å². The first-order valence-electron chi connectivity index (χ1n) is 10.2. The molecule has 1 amide bonds. The van der Waals surface area contributed by atoms with Crippen molar-refractivity contribution in [2.24, 2.45) is 0 Å². The van der Waals surface area contributed by atoms with Gasteiger partial charge in [0, 0.05) is 13.1 Å². The molecule has 160 valence electrons. The van der Waals surface area contributed by atoms with E-state index in [1.165, 1.54) is 5.01 Å². The lowest BCUT2D eigenvalue weighted by atomic mass is 10.0. The number of aliphatic carboxylic acids is 1. The van der Waals surface area contributed by atoms with Gasteiger partial charge in [-0.1, -0.05) is 30.3 Å². The Balaban J connectivity index is 2.04. The van der Waals surface area contributed by atoms with E-state index in [0.29, 0.717) is 25.9 Å². The van der Waals surface area contributed by atoms with Crippen LogP contribution in [0.4, 0.5) is 0 Å². The molecule has 1 fully saturated rings. The molecule has 1 aromatic carbocycles. The van der Waals surface area contributed by atoms with Crippen molar-refractivity contribution in [2.75, 3.05) is 26.2 Å². The third-order valence-electron chi connectivity index (χ3n) is 4.92. The third-order valence-corrected chi connectivity index (χ3v) is 4.92. The van der Waals surface area contributed by atoms with Crippen LogP contribution in [0.2, 0.25) is 0 Å². The molecule has 29 heavy (non-hydrogen) atoms. The lowest BCUT2D eigenvalue weighted by Gasteiger charge is -2.33. The molecule has 1 aliphatic heterocycles. The van der Waals surface area contributed by atoms with Crippen molar-refractivity contribution in [1.29, 1.82) is 0 Å². The summed E-state index contributed by atoms with van der Waals surface area (Å²) in [6, 6.07) is 8.40. The topological polar surface area (TPSA) is 99.2 Å². The van der Waals surface area contributed by atoms with Crippen molar-refractivity contribution < 1.29 is 24.2 Å². The number of benzene rings is 1. The number of hydrazine groups is 1. The third kappa shape index (κ3) is 7.14. The predicted octanol–water partition coefficient (Wildman–Crippen LogP) is 1.45. The molecule has 0 saturated carbocycles. The average Bonchev–Trinajstić information content (AvgIpc) is 3.24. The quantitative estimate of drug-likeness (QED) is 0.538. The van der Waals surface area contributed by atoms with E-state index in [-0.39, 0.29) is 19.1 Å². The van der Waals surface area contributed by atoms with Gasteiger partial charge in [0.1, 0.15) is 12.6 Å². The van der Waals surface area contributed by atoms with E-state index in [2.05, 4.69) is 5.32 Å². The number of aryl methyl sites for hydroxylation is 1. The normalized spacial score (nSPS) is 16.2. The van der Waals surface area contributed by atoms with Crippen molar-refractivity contribution in [2.45, 2.75) is 51.6 Å². The van der Waals surface area contributed by atoms with Gasteiger partial charge >= 0.3 is 11.9 Å². The number of carboxylic acid groups (broad SMARTS) is 1. The van der Waals surface area contributed by atoms with Gasteiger partial charge < -0.3 is 9.84 Å². The first kappa shape index (κ1) is 22.8. The largest absolute Gasteiger partial charge is 0.480 e.